The molecule has 0 amide bonds. The fourth-order valence-electron chi connectivity index (χ4n) is 0.637. The maximum atomic E-state index is 10.1. The predicted molar refractivity (Wildman–Crippen MR) is 35.8 cm³/mol. The number of halogens is 1. The smallest absolute Gasteiger partial charge is 0.324 e. The van der Waals surface area contributed by atoms with Gasteiger partial charge in [0, 0.05) is 6.54 Å². The van der Waals surface area contributed by atoms with Crippen LogP contribution in [0.2, 0.25) is 0 Å². The molecule has 1 atom stereocenters. The molecule has 0 aliphatic carbocycles. The molecule has 2 N–H and O–H groups in total. The summed E-state index contributed by atoms with van der Waals surface area (Å²) in [5, 5.41) is 11.0. The van der Waals surface area contributed by atoms with Gasteiger partial charge in [0.15, 0.2) is 0 Å². The molecule has 0 saturated carbocycles. The van der Waals surface area contributed by atoms with E-state index in [1.807, 2.05) is 0 Å². The van der Waals surface area contributed by atoms with Crippen molar-refractivity contribution in [3.63, 3.8) is 0 Å². The Bertz CT molecular complexity index is 135. The van der Waals surface area contributed by atoms with E-state index < -0.39 is 12.0 Å². The zero-order chi connectivity index (χ0) is 5.98. The first-order valence-corrected chi connectivity index (χ1v) is 2.43. The van der Waals surface area contributed by atoms with E-state index in [1.165, 1.54) is 0 Å². The number of carboxylic acid groups (broad SMARTS) is 1. The molecule has 0 spiro atoms. The van der Waals surface area contributed by atoms with Crippen LogP contribution in [0.15, 0.2) is 12.2 Å². The minimum atomic E-state index is -0.807. The van der Waals surface area contributed by atoms with E-state index in [9.17, 15) is 4.79 Å². The Morgan fingerprint density at radius 1 is 1.78 bits per heavy atom. The third-order valence-electron chi connectivity index (χ3n) is 1.05. The number of nitrogens with one attached hydrogen (secondary N) is 1. The minimum absolute atomic E-state index is 0. The third kappa shape index (κ3) is 2.03. The molecular formula is C5H8ClNO2. The Kier molecular flexibility index (Phi) is 3.27. The van der Waals surface area contributed by atoms with Crippen LogP contribution in [0.4, 0.5) is 0 Å². The Labute approximate surface area is 59.2 Å². The van der Waals surface area contributed by atoms with Gasteiger partial charge in [0.05, 0.1) is 0 Å². The van der Waals surface area contributed by atoms with Crippen molar-refractivity contribution in [3.05, 3.63) is 12.2 Å². The van der Waals surface area contributed by atoms with Gasteiger partial charge in [-0.15, -0.1) is 12.4 Å². The summed E-state index contributed by atoms with van der Waals surface area (Å²) in [4.78, 5) is 10.1. The maximum absolute atomic E-state index is 10.1. The van der Waals surface area contributed by atoms with E-state index in [4.69, 9.17) is 5.11 Å². The van der Waals surface area contributed by atoms with Crippen molar-refractivity contribution in [2.75, 3.05) is 6.54 Å². The first-order chi connectivity index (χ1) is 3.80. The molecule has 0 saturated heterocycles. The van der Waals surface area contributed by atoms with Crippen LogP contribution in [-0.2, 0) is 4.79 Å². The molecule has 0 aromatic rings. The van der Waals surface area contributed by atoms with Crippen molar-refractivity contribution in [1.82, 2.24) is 5.32 Å². The molecule has 0 aromatic carbocycles. The number of hydrogen-bond donors (Lipinski definition) is 2. The van der Waals surface area contributed by atoms with Crippen LogP contribution in [0, 0.1) is 0 Å². The zero-order valence-corrected chi connectivity index (χ0v) is 5.52. The topological polar surface area (TPSA) is 49.3 Å². The van der Waals surface area contributed by atoms with Gasteiger partial charge in [-0.3, -0.25) is 10.1 Å². The summed E-state index contributed by atoms with van der Waals surface area (Å²) in [7, 11) is 0. The second-order valence-electron chi connectivity index (χ2n) is 1.65. The van der Waals surface area contributed by atoms with Crippen molar-refractivity contribution in [3.8, 4) is 0 Å². The number of aliphatic carboxylic acids is 1. The first-order valence-electron chi connectivity index (χ1n) is 2.43. The molecule has 3 nitrogen and oxygen atoms in total. The van der Waals surface area contributed by atoms with Crippen molar-refractivity contribution < 1.29 is 9.90 Å². The van der Waals surface area contributed by atoms with Gasteiger partial charge < -0.3 is 5.11 Å². The lowest BCUT2D eigenvalue weighted by Gasteiger charge is -1.98. The Morgan fingerprint density at radius 3 is 2.67 bits per heavy atom. The molecule has 0 fully saturated rings. The van der Waals surface area contributed by atoms with E-state index >= 15 is 0 Å². The SMILES string of the molecule is Cl.O=C(O)[C@H]1C=CCN1. The summed E-state index contributed by atoms with van der Waals surface area (Å²) in [6.07, 6.45) is 3.45. The molecule has 4 heteroatoms. The Hall–Kier alpha value is -0.540. The first kappa shape index (κ1) is 8.46. The molecular weight excluding hydrogens is 142 g/mol. The minimum Gasteiger partial charge on any atom is -0.480 e. The van der Waals surface area contributed by atoms with Crippen molar-refractivity contribution in [1.29, 1.82) is 0 Å². The molecule has 1 aliphatic rings. The summed E-state index contributed by atoms with van der Waals surface area (Å²) < 4.78 is 0. The van der Waals surface area contributed by atoms with Crippen LogP contribution in [0.1, 0.15) is 0 Å². The Balaban J connectivity index is 0.000000640. The normalized spacial score (nSPS) is 23.3. The Morgan fingerprint density at radius 2 is 2.44 bits per heavy atom. The summed E-state index contributed by atoms with van der Waals surface area (Å²) in [5.74, 6) is -0.807. The monoisotopic (exact) mass is 149 g/mol. The lowest BCUT2D eigenvalue weighted by molar-refractivity contribution is -0.137. The van der Waals surface area contributed by atoms with Crippen LogP contribution < -0.4 is 5.32 Å². The second kappa shape index (κ2) is 3.48. The van der Waals surface area contributed by atoms with Crippen molar-refractivity contribution >= 4 is 18.4 Å². The largest absolute Gasteiger partial charge is 0.480 e. The van der Waals surface area contributed by atoms with Gasteiger partial charge >= 0.3 is 5.97 Å². The van der Waals surface area contributed by atoms with Crippen LogP contribution in [0.3, 0.4) is 0 Å². The van der Waals surface area contributed by atoms with Crippen LogP contribution in [0.5, 0.6) is 0 Å². The highest BCUT2D eigenvalue weighted by molar-refractivity contribution is 5.85. The second-order valence-corrected chi connectivity index (χ2v) is 1.65. The average Bonchev–Trinajstić information content (AvgIpc) is 2.12. The van der Waals surface area contributed by atoms with E-state index in [0.29, 0.717) is 6.54 Å². The van der Waals surface area contributed by atoms with Gasteiger partial charge in [-0.25, -0.2) is 0 Å². The fraction of sp³-hybridized carbons (Fsp3) is 0.400. The number of carboxylic acids is 1. The van der Waals surface area contributed by atoms with Crippen molar-refractivity contribution in [2.45, 2.75) is 6.04 Å². The molecule has 1 aliphatic heterocycles. The molecule has 0 unspecified atom stereocenters. The predicted octanol–water partition coefficient (Wildman–Crippen LogP) is 0.0208. The summed E-state index contributed by atoms with van der Waals surface area (Å²) in [6.45, 7) is 0.678. The zero-order valence-electron chi connectivity index (χ0n) is 4.70. The quantitative estimate of drug-likeness (QED) is 0.517. The van der Waals surface area contributed by atoms with Crippen molar-refractivity contribution in [2.24, 2.45) is 0 Å². The standard InChI is InChI=1S/C5H7NO2.ClH/c7-5(8)4-2-1-3-6-4;/h1-2,4,6H,3H2,(H,7,8);1H/t4-;/m1./s1. The highest BCUT2D eigenvalue weighted by atomic mass is 35.5. The molecule has 1 heterocycles. The van der Waals surface area contributed by atoms with Gasteiger partial charge in [-0.2, -0.15) is 0 Å². The van der Waals surface area contributed by atoms with Crippen LogP contribution >= 0.6 is 12.4 Å². The van der Waals surface area contributed by atoms with Gasteiger partial charge in [-0.05, 0) is 0 Å². The van der Waals surface area contributed by atoms with Gasteiger partial charge in [0.25, 0.3) is 0 Å². The van der Waals surface area contributed by atoms with E-state index in [1.54, 1.807) is 12.2 Å². The molecule has 9 heavy (non-hydrogen) atoms. The van der Waals surface area contributed by atoms with E-state index in [2.05, 4.69) is 5.32 Å². The number of carbonyl (C=O) groups is 1. The van der Waals surface area contributed by atoms with Gasteiger partial charge in [0.1, 0.15) is 6.04 Å². The van der Waals surface area contributed by atoms with E-state index in [-0.39, 0.29) is 12.4 Å². The lowest BCUT2D eigenvalue weighted by Crippen LogP contribution is -2.30. The summed E-state index contributed by atoms with van der Waals surface area (Å²) >= 11 is 0. The molecule has 0 radical (unpaired) electrons. The fourth-order valence-corrected chi connectivity index (χ4v) is 0.637. The van der Waals surface area contributed by atoms with Crippen LogP contribution in [-0.4, -0.2) is 23.7 Å². The summed E-state index contributed by atoms with van der Waals surface area (Å²) in [5.41, 5.74) is 0. The third-order valence-corrected chi connectivity index (χ3v) is 1.05. The molecule has 0 aromatic heterocycles. The van der Waals surface area contributed by atoms with Crippen LogP contribution in [0.25, 0.3) is 0 Å². The highest BCUT2D eigenvalue weighted by Gasteiger charge is 2.14. The lowest BCUT2D eigenvalue weighted by atomic mass is 10.3. The highest BCUT2D eigenvalue weighted by Crippen LogP contribution is 1.92. The molecule has 0 bridgehead atoms. The summed E-state index contributed by atoms with van der Waals surface area (Å²) in [6, 6.07) is -0.449. The maximum Gasteiger partial charge on any atom is 0.324 e. The van der Waals surface area contributed by atoms with E-state index in [0.717, 1.165) is 0 Å². The number of hydrogen-bond acceptors (Lipinski definition) is 2. The number of rotatable bonds is 1. The average molecular weight is 150 g/mol. The van der Waals surface area contributed by atoms with Gasteiger partial charge in [0.2, 0.25) is 0 Å². The molecule has 52 valence electrons. The molecule has 1 rings (SSSR count). The van der Waals surface area contributed by atoms with Gasteiger partial charge in [-0.1, -0.05) is 12.2 Å².